The first-order valence-electron chi connectivity index (χ1n) is 10.9. The van der Waals surface area contributed by atoms with E-state index in [0.717, 1.165) is 16.9 Å². The molecule has 3 aromatic heterocycles. The first-order valence-corrected chi connectivity index (χ1v) is 11.5. The second kappa shape index (κ2) is 10.2. The fraction of sp³-hybridized carbons (Fsp3) is 0.160. The molecule has 0 aliphatic rings. The van der Waals surface area contributed by atoms with E-state index in [2.05, 4.69) is 41.4 Å². The molecule has 0 aliphatic heterocycles. The van der Waals surface area contributed by atoms with Crippen LogP contribution in [0.5, 0.6) is 0 Å². The molecule has 0 radical (unpaired) electrons. The van der Waals surface area contributed by atoms with Crippen molar-refractivity contribution in [1.29, 1.82) is 5.26 Å². The number of benzene rings is 1. The molecule has 0 saturated heterocycles. The second-order valence-corrected chi connectivity index (χ2v) is 8.72. The Kier molecular flexibility index (Phi) is 7.04. The maximum atomic E-state index is 15.0. The molecule has 1 aromatic carbocycles. The highest BCUT2D eigenvalue weighted by molar-refractivity contribution is 7.22. The van der Waals surface area contributed by atoms with Gasteiger partial charge in [-0.15, -0.1) is 9.24 Å². The predicted molar refractivity (Wildman–Crippen MR) is 137 cm³/mol. The molecule has 1 unspecified atom stereocenters. The summed E-state index contributed by atoms with van der Waals surface area (Å²) in [4.78, 5) is 5.69. The Bertz CT molecular complexity index is 1520. The van der Waals surface area contributed by atoms with Crippen molar-refractivity contribution in [3.8, 4) is 11.8 Å². The Morgan fingerprint density at radius 1 is 1.19 bits per heavy atom. The molecule has 0 aliphatic carbocycles. The molecule has 0 fully saturated rings. The number of nitriles is 1. The summed E-state index contributed by atoms with van der Waals surface area (Å²) in [6.45, 7) is 7.08. The monoisotopic (exact) mass is 504 g/mol. The van der Waals surface area contributed by atoms with E-state index in [1.807, 2.05) is 19.1 Å². The van der Waals surface area contributed by atoms with Gasteiger partial charge in [0.15, 0.2) is 0 Å². The summed E-state index contributed by atoms with van der Waals surface area (Å²) in [7, 11) is 2.62. The number of hydrogen-bond donors (Lipinski definition) is 1. The second-order valence-electron chi connectivity index (χ2n) is 7.98. The minimum Gasteiger partial charge on any atom is -0.356 e. The predicted octanol–water partition coefficient (Wildman–Crippen LogP) is 4.92. The number of alkyl halides is 2. The lowest BCUT2D eigenvalue weighted by Crippen LogP contribution is -2.19. The number of rotatable bonds is 8. The molecular weight excluding hydrogens is 481 g/mol. The highest BCUT2D eigenvalue weighted by atomic mass is 31.0. The third-order valence-electron chi connectivity index (χ3n) is 5.36. The van der Waals surface area contributed by atoms with Crippen LogP contribution in [-0.4, -0.2) is 29.8 Å². The average molecular weight is 504 g/mol. The van der Waals surface area contributed by atoms with Gasteiger partial charge in [-0.2, -0.15) is 34.1 Å². The Morgan fingerprint density at radius 3 is 2.53 bits per heavy atom. The molecule has 0 spiro atoms. The number of nitrogens with one attached hydrogen (secondary N) is 1. The van der Waals surface area contributed by atoms with Gasteiger partial charge in [-0.3, -0.25) is 0 Å². The van der Waals surface area contributed by atoms with Crippen LogP contribution in [0.3, 0.4) is 0 Å². The van der Waals surface area contributed by atoms with E-state index in [1.165, 1.54) is 17.2 Å². The summed E-state index contributed by atoms with van der Waals surface area (Å²) in [5, 5.41) is 26.9. The van der Waals surface area contributed by atoms with Gasteiger partial charge in [0, 0.05) is 34.7 Å². The van der Waals surface area contributed by atoms with Crippen LogP contribution in [0.4, 0.5) is 8.78 Å². The van der Waals surface area contributed by atoms with Crippen molar-refractivity contribution in [2.45, 2.75) is 26.3 Å². The lowest BCUT2D eigenvalue weighted by atomic mass is 10.1. The maximum Gasteiger partial charge on any atom is 0.287 e. The van der Waals surface area contributed by atoms with Gasteiger partial charge in [-0.1, -0.05) is 36.9 Å². The van der Waals surface area contributed by atoms with E-state index in [4.69, 9.17) is 0 Å². The minimum absolute atomic E-state index is 0.155. The standard InChI is InChI=1S/C25H23F2N8P/c1-4-17(11-18(36)15-34-30-9-10-31-34)33-16(2)21-13-32-35(24(21)25(3,26)27)23-14-29-22(12-28)19-7-5-6-8-20(19)23/h4-11,13-14,33H,2,15,36H2,1,3H3/b17-4+,18-11+. The van der Waals surface area contributed by atoms with Crippen molar-refractivity contribution in [1.82, 2.24) is 35.1 Å². The summed E-state index contributed by atoms with van der Waals surface area (Å²) >= 11 is 0. The number of aromatic nitrogens is 6. The molecular formula is C25H23F2N8P. The van der Waals surface area contributed by atoms with Crippen molar-refractivity contribution in [3.63, 3.8) is 0 Å². The Morgan fingerprint density at radius 2 is 1.89 bits per heavy atom. The van der Waals surface area contributed by atoms with Gasteiger partial charge >= 0.3 is 0 Å². The third-order valence-corrected chi connectivity index (χ3v) is 5.71. The number of hydrogen-bond acceptors (Lipinski definition) is 6. The number of nitrogens with zero attached hydrogens (tertiary/aromatic N) is 7. The lowest BCUT2D eigenvalue weighted by Gasteiger charge is -2.18. The molecule has 4 rings (SSSR count). The highest BCUT2D eigenvalue weighted by Gasteiger charge is 2.34. The molecule has 8 nitrogen and oxygen atoms in total. The largest absolute Gasteiger partial charge is 0.356 e. The zero-order valence-corrected chi connectivity index (χ0v) is 20.8. The highest BCUT2D eigenvalue weighted by Crippen LogP contribution is 2.36. The van der Waals surface area contributed by atoms with Gasteiger partial charge in [-0.25, -0.2) is 9.67 Å². The molecule has 1 N–H and O–H groups in total. The topological polar surface area (TPSA) is 97.2 Å². The molecule has 4 aromatic rings. The molecule has 0 saturated carbocycles. The van der Waals surface area contributed by atoms with E-state index >= 15 is 0 Å². The van der Waals surface area contributed by atoms with Crippen LogP contribution in [0.15, 0.2) is 78.8 Å². The molecule has 11 heteroatoms. The molecule has 0 amide bonds. The van der Waals surface area contributed by atoms with Crippen LogP contribution >= 0.6 is 9.24 Å². The summed E-state index contributed by atoms with van der Waals surface area (Å²) in [6.07, 6.45) is 9.55. The number of halogens is 2. The molecule has 182 valence electrons. The van der Waals surface area contributed by atoms with Gasteiger partial charge in [0.25, 0.3) is 5.92 Å². The zero-order chi connectivity index (χ0) is 25.9. The van der Waals surface area contributed by atoms with Crippen LogP contribution in [0.1, 0.15) is 30.8 Å². The van der Waals surface area contributed by atoms with E-state index < -0.39 is 5.92 Å². The smallest absolute Gasteiger partial charge is 0.287 e. The quantitative estimate of drug-likeness (QED) is 0.270. The Balaban J connectivity index is 1.72. The van der Waals surface area contributed by atoms with Crippen molar-refractivity contribution >= 4 is 25.7 Å². The first-order chi connectivity index (χ1) is 17.2. The first kappa shape index (κ1) is 24.9. The van der Waals surface area contributed by atoms with Gasteiger partial charge in [0.2, 0.25) is 0 Å². The fourth-order valence-corrected chi connectivity index (χ4v) is 4.12. The van der Waals surface area contributed by atoms with Crippen molar-refractivity contribution in [2.75, 3.05) is 0 Å². The Hall–Kier alpha value is -4.22. The van der Waals surface area contributed by atoms with Crippen LogP contribution in [0.25, 0.3) is 22.2 Å². The van der Waals surface area contributed by atoms with Crippen LogP contribution in [0.2, 0.25) is 0 Å². The van der Waals surface area contributed by atoms with Gasteiger partial charge in [-0.05, 0) is 18.3 Å². The molecule has 1 atom stereocenters. The lowest BCUT2D eigenvalue weighted by molar-refractivity contribution is 0.00998. The molecule has 36 heavy (non-hydrogen) atoms. The zero-order valence-electron chi connectivity index (χ0n) is 19.7. The van der Waals surface area contributed by atoms with Crippen molar-refractivity contribution in [3.05, 3.63) is 95.7 Å². The number of pyridine rings is 1. The fourth-order valence-electron chi connectivity index (χ4n) is 3.78. The van der Waals surface area contributed by atoms with Gasteiger partial charge in [0.1, 0.15) is 17.5 Å². The van der Waals surface area contributed by atoms with E-state index in [9.17, 15) is 14.0 Å². The number of allylic oxidation sites excluding steroid dienone is 3. The third kappa shape index (κ3) is 5.07. The number of fused-ring (bicyclic) bond motifs is 1. The van der Waals surface area contributed by atoms with Crippen molar-refractivity contribution < 1.29 is 8.78 Å². The maximum absolute atomic E-state index is 15.0. The van der Waals surface area contributed by atoms with Crippen LogP contribution in [-0.2, 0) is 12.5 Å². The Labute approximate surface area is 208 Å². The van der Waals surface area contributed by atoms with Crippen LogP contribution < -0.4 is 5.32 Å². The minimum atomic E-state index is -3.26. The van der Waals surface area contributed by atoms with E-state index in [0.29, 0.717) is 28.7 Å². The summed E-state index contributed by atoms with van der Waals surface area (Å²) in [5.74, 6) is -3.26. The summed E-state index contributed by atoms with van der Waals surface area (Å²) in [5.41, 5.74) is 1.26. The van der Waals surface area contributed by atoms with Crippen LogP contribution in [0, 0.1) is 11.3 Å². The van der Waals surface area contributed by atoms with Gasteiger partial charge in [0.05, 0.1) is 37.0 Å². The van der Waals surface area contributed by atoms with Gasteiger partial charge < -0.3 is 5.32 Å². The van der Waals surface area contributed by atoms with Crippen molar-refractivity contribution in [2.24, 2.45) is 0 Å². The summed E-state index contributed by atoms with van der Waals surface area (Å²) < 4.78 is 31.1. The SMILES string of the molecule is C=C(NC(/C=C(/P)Cn1nccn1)=C/C)c1cnn(-c2cnc(C#N)c3ccccc23)c1C(C)(F)F. The summed E-state index contributed by atoms with van der Waals surface area (Å²) in [6, 6.07) is 9.04. The molecule has 3 heterocycles. The van der Waals surface area contributed by atoms with E-state index in [1.54, 1.807) is 42.7 Å². The normalized spacial score (nSPS) is 12.6. The molecule has 0 bridgehead atoms. The van der Waals surface area contributed by atoms with E-state index in [-0.39, 0.29) is 22.6 Å². The average Bonchev–Trinajstić information content (AvgIpc) is 3.53.